The molecular formula is C12H29NO4Ru+. The number of nitrogens with zero attached hydrogens (tertiary/aromatic N) is 1. The van der Waals surface area contributed by atoms with Crippen LogP contribution in [0.15, 0.2) is 0 Å². The van der Waals surface area contributed by atoms with E-state index in [1.54, 1.807) is 0 Å². The van der Waals surface area contributed by atoms with E-state index < -0.39 is 15.0 Å². The van der Waals surface area contributed by atoms with Crippen molar-refractivity contribution >= 4 is 0 Å². The molecule has 0 aromatic heterocycles. The van der Waals surface area contributed by atoms with Crippen LogP contribution in [0.4, 0.5) is 0 Å². The molecule has 1 N–H and O–H groups in total. The minimum atomic E-state index is -5.61. The maximum atomic E-state index is 8.72. The number of hydrogen-bond acceptors (Lipinski definition) is 3. The number of quaternary nitrogens is 1. The van der Waals surface area contributed by atoms with Crippen molar-refractivity contribution in [1.29, 1.82) is 0 Å². The van der Waals surface area contributed by atoms with E-state index in [4.69, 9.17) is 14.7 Å². The van der Waals surface area contributed by atoms with E-state index in [2.05, 4.69) is 27.7 Å². The molecule has 6 heteroatoms. The Kier molecular flexibility index (Phi) is 12.2. The van der Waals surface area contributed by atoms with Gasteiger partial charge < -0.3 is 4.48 Å². The van der Waals surface area contributed by atoms with Gasteiger partial charge in [-0.25, -0.2) is 0 Å². The van der Waals surface area contributed by atoms with E-state index in [0.29, 0.717) is 0 Å². The van der Waals surface area contributed by atoms with E-state index in [0.717, 1.165) is 0 Å². The second-order valence-corrected chi connectivity index (χ2v) is 6.43. The molecule has 0 radical (unpaired) electrons. The summed E-state index contributed by atoms with van der Waals surface area (Å²) in [5, 5.41) is 0. The average Bonchev–Trinajstić information content (AvgIpc) is 2.16. The van der Waals surface area contributed by atoms with Crippen molar-refractivity contribution in [2.45, 2.75) is 53.4 Å². The van der Waals surface area contributed by atoms with Crippen LogP contribution in [0.1, 0.15) is 53.4 Å². The molecule has 0 rings (SSSR count). The van der Waals surface area contributed by atoms with Crippen molar-refractivity contribution < 1.29 is 34.1 Å². The van der Waals surface area contributed by atoms with Crippen LogP contribution in [0.5, 0.6) is 0 Å². The molecule has 5 nitrogen and oxygen atoms in total. The van der Waals surface area contributed by atoms with E-state index in [-0.39, 0.29) is 0 Å². The van der Waals surface area contributed by atoms with Crippen molar-refractivity contribution in [3.63, 3.8) is 0 Å². The topological polar surface area (TPSA) is 71.4 Å². The van der Waals surface area contributed by atoms with Crippen LogP contribution in [0.25, 0.3) is 0 Å². The van der Waals surface area contributed by atoms with Gasteiger partial charge in [0.1, 0.15) is 0 Å². The molecule has 0 atom stereocenters. The zero-order chi connectivity index (χ0) is 14.7. The molecule has 0 saturated carbocycles. The summed E-state index contributed by atoms with van der Waals surface area (Å²) in [6, 6.07) is 0. The quantitative estimate of drug-likeness (QED) is 0.538. The zero-order valence-corrected chi connectivity index (χ0v) is 13.9. The molecule has 18 heavy (non-hydrogen) atoms. The van der Waals surface area contributed by atoms with Gasteiger partial charge in [-0.3, -0.25) is 0 Å². The predicted octanol–water partition coefficient (Wildman–Crippen LogP) is 2.53. The molecule has 0 aliphatic rings. The van der Waals surface area contributed by atoms with Crippen LogP contribution < -0.4 is 0 Å². The van der Waals surface area contributed by atoms with Crippen LogP contribution in [0.3, 0.4) is 0 Å². The van der Waals surface area contributed by atoms with Crippen molar-refractivity contribution in [2.24, 2.45) is 0 Å². The molecule has 113 valence electrons. The normalized spacial score (nSPS) is 11.8. The SMILES string of the molecule is CCC[N+](CCC)(CCC)CCC.[O]=[Ru](=[O])(=[O])[OH]. The Hall–Kier alpha value is -0.0566. The number of rotatable bonds is 8. The van der Waals surface area contributed by atoms with Gasteiger partial charge in [-0.05, 0) is 25.7 Å². The molecular weight excluding hydrogens is 323 g/mol. The molecule has 0 amide bonds. The van der Waals surface area contributed by atoms with Gasteiger partial charge in [-0.1, -0.05) is 27.7 Å². The second kappa shape index (κ2) is 10.8. The Bertz CT molecular complexity index is 288. The summed E-state index contributed by atoms with van der Waals surface area (Å²) in [7, 11) is 0. The first kappa shape index (κ1) is 20.3. The van der Waals surface area contributed by atoms with Crippen LogP contribution in [-0.2, 0) is 25.7 Å². The van der Waals surface area contributed by atoms with Gasteiger partial charge in [0, 0.05) is 0 Å². The number of hydrogen-bond donors (Lipinski definition) is 1. The summed E-state index contributed by atoms with van der Waals surface area (Å²) >= 11 is -5.61. The first-order valence-electron chi connectivity index (χ1n) is 6.68. The average molecular weight is 352 g/mol. The third-order valence-electron chi connectivity index (χ3n) is 2.79. The van der Waals surface area contributed by atoms with Crippen molar-refractivity contribution in [3.05, 3.63) is 0 Å². The Balaban J connectivity index is 0. The Labute approximate surface area is 114 Å². The van der Waals surface area contributed by atoms with Crippen LogP contribution >= 0.6 is 0 Å². The van der Waals surface area contributed by atoms with Crippen molar-refractivity contribution in [2.75, 3.05) is 26.2 Å². The maximum absolute atomic E-state index is 8.72. The first-order valence-corrected chi connectivity index (χ1v) is 9.59. The predicted molar refractivity (Wildman–Crippen MR) is 65.2 cm³/mol. The monoisotopic (exact) mass is 353 g/mol. The molecule has 0 aliphatic carbocycles. The molecule has 0 aliphatic heterocycles. The molecule has 0 unspecified atom stereocenters. The summed E-state index contributed by atoms with van der Waals surface area (Å²) in [5.74, 6) is 0. The van der Waals surface area contributed by atoms with Crippen LogP contribution in [0.2, 0.25) is 0 Å². The van der Waals surface area contributed by atoms with Gasteiger partial charge in [0.15, 0.2) is 0 Å². The van der Waals surface area contributed by atoms with E-state index in [1.165, 1.54) is 56.3 Å². The van der Waals surface area contributed by atoms with Crippen molar-refractivity contribution in [1.82, 2.24) is 0 Å². The van der Waals surface area contributed by atoms with Crippen LogP contribution in [0, 0.1) is 0 Å². The molecule has 0 heterocycles. The fourth-order valence-electron chi connectivity index (χ4n) is 2.57. The molecule has 0 fully saturated rings. The van der Waals surface area contributed by atoms with E-state index in [9.17, 15) is 0 Å². The molecule has 0 spiro atoms. The first-order chi connectivity index (χ1) is 8.24. The fourth-order valence-corrected chi connectivity index (χ4v) is 2.57. The Morgan fingerprint density at radius 3 is 1.00 bits per heavy atom. The van der Waals surface area contributed by atoms with Gasteiger partial charge in [0.2, 0.25) is 0 Å². The third kappa shape index (κ3) is 14.0. The molecule has 0 aromatic rings. The molecule has 0 aromatic carbocycles. The second-order valence-electron chi connectivity index (χ2n) is 4.61. The Morgan fingerprint density at radius 2 is 0.889 bits per heavy atom. The summed E-state index contributed by atoms with van der Waals surface area (Å²) in [5.41, 5.74) is 0. The molecule has 0 bridgehead atoms. The van der Waals surface area contributed by atoms with E-state index in [1.807, 2.05) is 0 Å². The van der Waals surface area contributed by atoms with Gasteiger partial charge in [0.05, 0.1) is 26.2 Å². The van der Waals surface area contributed by atoms with Gasteiger partial charge in [0.25, 0.3) is 0 Å². The van der Waals surface area contributed by atoms with Gasteiger partial charge >= 0.3 is 29.6 Å². The standard InChI is InChI=1S/C12H28N.H2O.3O.Ru/c1-5-9-13(10-6-2,11-7-3)12-8-4;;;;;/h5-12H2,1-4H3;1H2;;;;/q+1;;;;;+1/p-1. The van der Waals surface area contributed by atoms with Crippen molar-refractivity contribution in [3.8, 4) is 0 Å². The van der Waals surface area contributed by atoms with E-state index >= 15 is 0 Å². The molecule has 0 saturated heterocycles. The summed E-state index contributed by atoms with van der Waals surface area (Å²) in [6.45, 7) is 14.8. The fraction of sp³-hybridized carbons (Fsp3) is 1.00. The summed E-state index contributed by atoms with van der Waals surface area (Å²) in [6.07, 6.45) is 5.33. The minimum absolute atomic E-state index is 1.33. The van der Waals surface area contributed by atoms with Crippen LogP contribution in [-0.4, -0.2) is 34.6 Å². The summed E-state index contributed by atoms with van der Waals surface area (Å²) in [4.78, 5) is 0. The zero-order valence-electron chi connectivity index (χ0n) is 12.1. The summed E-state index contributed by atoms with van der Waals surface area (Å²) < 4.78 is 34.6. The third-order valence-corrected chi connectivity index (χ3v) is 2.79. The van der Waals surface area contributed by atoms with Gasteiger partial charge in [-0.15, -0.1) is 0 Å². The van der Waals surface area contributed by atoms with Gasteiger partial charge in [-0.2, -0.15) is 0 Å². The Morgan fingerprint density at radius 1 is 0.722 bits per heavy atom.